The molecular formula is C12H16B9N2S. The Balaban J connectivity index is 0.000000187. The molecule has 3 aliphatic carbocycles. The molecule has 2 bridgehead atoms. The molecule has 9 radical (unpaired) electrons. The average Bonchev–Trinajstić information content (AvgIpc) is 2.57. The molecule has 0 saturated heterocycles. The van der Waals surface area contributed by atoms with Crippen molar-refractivity contribution in [3.05, 3.63) is 23.3 Å². The molecule has 0 aliphatic heterocycles. The van der Waals surface area contributed by atoms with Gasteiger partial charge in [-0.3, -0.25) is 0 Å². The second kappa shape index (κ2) is 8.82. The Morgan fingerprint density at radius 1 is 0.958 bits per heavy atom. The monoisotopic (exact) mass is 319 g/mol. The summed E-state index contributed by atoms with van der Waals surface area (Å²) < 4.78 is 0. The molecule has 0 atom stereocenters. The molecule has 1 aromatic rings. The van der Waals surface area contributed by atoms with Crippen molar-refractivity contribution in [3.8, 4) is 0 Å². The van der Waals surface area contributed by atoms with Crippen LogP contribution in [0.3, 0.4) is 0 Å². The summed E-state index contributed by atoms with van der Waals surface area (Å²) in [5.74, 6) is 1.52. The number of hydrogen-bond donors (Lipinski definition) is 2. The van der Waals surface area contributed by atoms with Crippen LogP contribution in [-0.4, -0.2) is 63.2 Å². The van der Waals surface area contributed by atoms with Gasteiger partial charge in [-0.1, -0.05) is 0 Å². The minimum atomic E-state index is -0.535. The van der Waals surface area contributed by atoms with Gasteiger partial charge in [-0.25, -0.2) is 0 Å². The fourth-order valence-corrected chi connectivity index (χ4v) is 4.02. The van der Waals surface area contributed by atoms with E-state index < -0.39 is 6.39 Å². The summed E-state index contributed by atoms with van der Waals surface area (Å²) in [7, 11) is 22.7. The maximum atomic E-state index is 5.85. The van der Waals surface area contributed by atoms with E-state index in [0.717, 1.165) is 23.2 Å². The first-order chi connectivity index (χ1) is 11.4. The molecule has 4 N–H and O–H groups in total. The van der Waals surface area contributed by atoms with Gasteiger partial charge in [0, 0.05) is 0 Å². The summed E-state index contributed by atoms with van der Waals surface area (Å²) in [5, 5.41) is 0. The summed E-state index contributed by atoms with van der Waals surface area (Å²) in [5.41, 5.74) is 16.2. The predicted octanol–water partition coefficient (Wildman–Crippen LogP) is -0.173. The topological polar surface area (TPSA) is 52.0 Å². The Hall–Kier alpha value is -0.376. The van der Waals surface area contributed by atoms with Crippen LogP contribution in [0.5, 0.6) is 0 Å². The summed E-state index contributed by atoms with van der Waals surface area (Å²) in [6.45, 7) is 0. The van der Waals surface area contributed by atoms with Crippen LogP contribution in [0.4, 0.5) is 11.4 Å². The Morgan fingerprint density at radius 3 is 1.62 bits per heavy atom. The molecule has 12 heteroatoms. The van der Waals surface area contributed by atoms with E-state index in [1.807, 2.05) is 0 Å². The van der Waals surface area contributed by atoms with E-state index in [2.05, 4.69) is 24.2 Å². The van der Waals surface area contributed by atoms with Crippen LogP contribution in [0.2, 0.25) is 0 Å². The van der Waals surface area contributed by atoms with Crippen molar-refractivity contribution < 1.29 is 0 Å². The van der Waals surface area contributed by atoms with Crippen molar-refractivity contribution >= 4 is 86.6 Å². The zero-order valence-electron chi connectivity index (χ0n) is 13.9. The van der Waals surface area contributed by atoms with E-state index >= 15 is 0 Å². The van der Waals surface area contributed by atoms with Crippen molar-refractivity contribution in [3.63, 3.8) is 0 Å². The molecule has 1 aromatic carbocycles. The fraction of sp³-hybridized carbons (Fsp3) is 0.500. The fourth-order valence-electron chi connectivity index (χ4n) is 3.66. The first kappa shape index (κ1) is 19.9. The van der Waals surface area contributed by atoms with Crippen LogP contribution >= 0.6 is 12.1 Å². The Kier molecular flexibility index (Phi) is 7.33. The van der Waals surface area contributed by atoms with Gasteiger partial charge in [0.15, 0.2) is 0 Å². The Morgan fingerprint density at radius 2 is 1.38 bits per heavy atom. The number of nitrogen functional groups attached to an aromatic ring is 2. The third-order valence-electron chi connectivity index (χ3n) is 5.16. The zero-order chi connectivity index (χ0) is 17.9. The van der Waals surface area contributed by atoms with E-state index in [9.17, 15) is 0 Å². The number of benzene rings is 1. The average molecular weight is 318 g/mol. The van der Waals surface area contributed by atoms with Crippen molar-refractivity contribution in [2.75, 3.05) is 11.5 Å². The third-order valence-corrected chi connectivity index (χ3v) is 5.48. The summed E-state index contributed by atoms with van der Waals surface area (Å²) >= 11 is 4.65. The van der Waals surface area contributed by atoms with Crippen molar-refractivity contribution in [2.45, 2.75) is 37.5 Å². The van der Waals surface area contributed by atoms with Crippen molar-refractivity contribution in [1.82, 2.24) is 0 Å². The van der Waals surface area contributed by atoms with Crippen molar-refractivity contribution in [2.24, 2.45) is 0 Å². The number of anilines is 2. The molecule has 0 heterocycles. The van der Waals surface area contributed by atoms with Crippen molar-refractivity contribution in [1.29, 1.82) is 0 Å². The van der Waals surface area contributed by atoms with Gasteiger partial charge in [0.2, 0.25) is 0 Å². The summed E-state index contributed by atoms with van der Waals surface area (Å²) in [6.07, 6.45) is 4.29. The zero-order valence-corrected chi connectivity index (χ0v) is 14.7. The first-order valence-corrected chi connectivity index (χ1v) is 8.82. The summed E-state index contributed by atoms with van der Waals surface area (Å²) in [6, 6.07) is 5.67. The van der Waals surface area contributed by atoms with Gasteiger partial charge in [-0.15, -0.1) is 0 Å². The predicted molar refractivity (Wildman–Crippen MR) is 119 cm³/mol. The molecule has 1 fully saturated rings. The molecular weight excluding hydrogens is 302 g/mol. The minimum absolute atomic E-state index is 0.222. The van der Waals surface area contributed by atoms with E-state index in [4.69, 9.17) is 42.4 Å². The van der Waals surface area contributed by atoms with Gasteiger partial charge in [0.05, 0.1) is 11.4 Å². The Labute approximate surface area is 158 Å². The number of nitrogens with two attached hydrogens (primary N) is 2. The van der Waals surface area contributed by atoms with Gasteiger partial charge in [-0.05, 0) is 60.8 Å². The van der Waals surface area contributed by atoms with E-state index in [-0.39, 0.29) is 12.8 Å². The number of rotatable bonds is 4. The number of fused-ring (bicyclic) bond motifs is 2. The molecule has 24 heavy (non-hydrogen) atoms. The number of hydrogen-bond acceptors (Lipinski definition) is 3. The maximum absolute atomic E-state index is 5.85. The molecule has 0 unspecified atom stereocenters. The molecule has 0 aromatic heterocycles. The molecule has 0 spiro atoms. The normalized spacial score (nSPS) is 20.0. The van der Waals surface area contributed by atoms with Crippen LogP contribution in [0, 0.1) is 0 Å². The standard InChI is InChI=1S/C12H16N2.B9S/c13-11-5-9-7-1-2-8(4-3-7)10(9)6-12(11)14;1-5-8(4)9(6-10)7(2)3/h5-8H,1-4,13-14H2;. The van der Waals surface area contributed by atoms with Crippen LogP contribution in [-0.2, 0) is 0 Å². The van der Waals surface area contributed by atoms with E-state index in [1.165, 1.54) is 49.9 Å². The van der Waals surface area contributed by atoms with Gasteiger partial charge >= 0.3 is 75.3 Å². The van der Waals surface area contributed by atoms with Crippen LogP contribution in [0.15, 0.2) is 12.1 Å². The van der Waals surface area contributed by atoms with Crippen LogP contribution < -0.4 is 11.5 Å². The summed E-state index contributed by atoms with van der Waals surface area (Å²) in [4.78, 5) is 0. The van der Waals surface area contributed by atoms with Crippen LogP contribution in [0.1, 0.15) is 48.6 Å². The molecule has 107 valence electrons. The van der Waals surface area contributed by atoms with Crippen LogP contribution in [0.25, 0.3) is 0 Å². The SMILES string of the molecule is Nc1cc2c(cc1N)C1CCC2CC1.[B][B]B([B])B(B=S)B([B])[B]. The molecule has 2 nitrogen and oxygen atoms in total. The van der Waals surface area contributed by atoms with Gasteiger partial charge < -0.3 is 11.5 Å². The first-order valence-electron chi connectivity index (χ1n) is 8.34. The molecule has 4 rings (SSSR count). The van der Waals surface area contributed by atoms with Gasteiger partial charge in [0.25, 0.3) is 0 Å². The molecule has 3 aliphatic rings. The third kappa shape index (κ3) is 4.42. The second-order valence-electron chi connectivity index (χ2n) is 6.72. The van der Waals surface area contributed by atoms with Gasteiger partial charge in [0.1, 0.15) is 0 Å². The van der Waals surface area contributed by atoms with E-state index in [1.54, 1.807) is 0 Å². The molecule has 1 saturated carbocycles. The Bertz CT molecular complexity index is 543. The molecule has 0 amide bonds. The van der Waals surface area contributed by atoms with E-state index in [0.29, 0.717) is 0 Å². The second-order valence-corrected chi connectivity index (χ2v) is 6.99. The van der Waals surface area contributed by atoms with Gasteiger partial charge in [-0.2, -0.15) is 0 Å². The quantitative estimate of drug-likeness (QED) is 0.599.